The van der Waals surface area contributed by atoms with E-state index in [2.05, 4.69) is 13.8 Å². The molecule has 1 unspecified atom stereocenters. The monoisotopic (exact) mass is 655 g/mol. The molecule has 0 bridgehead atoms. The molecule has 0 spiro atoms. The number of esters is 2. The predicted octanol–water partition coefficient (Wildman–Crippen LogP) is 10.6. The van der Waals surface area contributed by atoms with Crippen molar-refractivity contribution in [3.63, 3.8) is 0 Å². The first-order valence-corrected chi connectivity index (χ1v) is 19.6. The molecule has 7 nitrogen and oxygen atoms in total. The first-order valence-electron chi connectivity index (χ1n) is 19.6. The molecule has 0 aliphatic heterocycles. The molecule has 0 aromatic heterocycles. The molecular formula is C39H76NO6+. The number of carboxylic acids is 1. The number of rotatable bonds is 35. The lowest BCUT2D eigenvalue weighted by Crippen LogP contribution is -2.50. The number of quaternary nitrogens is 1. The summed E-state index contributed by atoms with van der Waals surface area (Å²) in [6.45, 7) is 4.67. The minimum atomic E-state index is -0.915. The van der Waals surface area contributed by atoms with Gasteiger partial charge in [-0.25, -0.2) is 4.79 Å². The highest BCUT2D eigenvalue weighted by molar-refractivity contribution is 5.70. The maximum atomic E-state index is 12.6. The van der Waals surface area contributed by atoms with Crippen molar-refractivity contribution in [2.75, 3.05) is 33.8 Å². The molecule has 1 N–H and O–H groups in total. The van der Waals surface area contributed by atoms with E-state index in [0.717, 1.165) is 38.5 Å². The van der Waals surface area contributed by atoms with E-state index >= 15 is 0 Å². The number of unbranched alkanes of at least 4 members (excludes halogenated alkanes) is 24. The van der Waals surface area contributed by atoms with E-state index in [1.165, 1.54) is 128 Å². The van der Waals surface area contributed by atoms with Crippen molar-refractivity contribution in [1.29, 1.82) is 0 Å². The average molecular weight is 655 g/mol. The zero-order valence-electron chi connectivity index (χ0n) is 30.9. The Labute approximate surface area is 284 Å². The van der Waals surface area contributed by atoms with Crippen LogP contribution < -0.4 is 0 Å². The fraction of sp³-hybridized carbons (Fsp3) is 0.923. The summed E-state index contributed by atoms with van der Waals surface area (Å²) >= 11 is 0. The van der Waals surface area contributed by atoms with Crippen LogP contribution >= 0.6 is 0 Å². The number of carboxylic acid groups (broad SMARTS) is 1. The van der Waals surface area contributed by atoms with E-state index < -0.39 is 12.1 Å². The number of hydrogen-bond acceptors (Lipinski definition) is 5. The van der Waals surface area contributed by atoms with Crippen molar-refractivity contribution >= 4 is 17.9 Å². The van der Waals surface area contributed by atoms with Crippen LogP contribution in [0.5, 0.6) is 0 Å². The second-order valence-electron chi connectivity index (χ2n) is 14.5. The molecule has 0 radical (unpaired) electrons. The summed E-state index contributed by atoms with van der Waals surface area (Å²) in [6.07, 6.45) is 32.5. The summed E-state index contributed by atoms with van der Waals surface area (Å²) in [7, 11) is 3.58. The van der Waals surface area contributed by atoms with E-state index in [1.54, 1.807) is 14.1 Å². The van der Waals surface area contributed by atoms with Gasteiger partial charge in [-0.2, -0.15) is 0 Å². The third-order valence-corrected chi connectivity index (χ3v) is 8.96. The second kappa shape index (κ2) is 31.9. The molecule has 0 heterocycles. The quantitative estimate of drug-likeness (QED) is 0.0415. The SMILES string of the molecule is CCCCCCCCCCCCCCCC(=O)OCC(C[N+](C)(C)CC(=O)O)OC(=O)CCCCCCCCCCCCCCC. The summed E-state index contributed by atoms with van der Waals surface area (Å²) < 4.78 is 11.4. The highest BCUT2D eigenvalue weighted by Crippen LogP contribution is 2.15. The molecule has 46 heavy (non-hydrogen) atoms. The van der Waals surface area contributed by atoms with E-state index in [-0.39, 0.29) is 36.1 Å². The fourth-order valence-electron chi connectivity index (χ4n) is 6.18. The van der Waals surface area contributed by atoms with Crippen molar-refractivity contribution in [3.05, 3.63) is 0 Å². The van der Waals surface area contributed by atoms with Crippen LogP contribution in [0.25, 0.3) is 0 Å². The molecule has 272 valence electrons. The highest BCUT2D eigenvalue weighted by Gasteiger charge is 2.28. The standard InChI is InChI=1S/C39H75NO6/c1-5-7-9-11-13-15-17-19-21-23-25-27-29-31-38(43)45-35-36(33-40(3,4)34-37(41)42)46-39(44)32-30-28-26-24-22-20-18-16-14-12-10-8-6-2/h36H,5-35H2,1-4H3/p+1. The van der Waals surface area contributed by atoms with Gasteiger partial charge in [-0.3, -0.25) is 9.59 Å². The normalized spacial score (nSPS) is 12.3. The number of ether oxygens (including phenoxy) is 2. The largest absolute Gasteiger partial charge is 0.477 e. The Hall–Kier alpha value is -1.63. The van der Waals surface area contributed by atoms with Crippen LogP contribution in [0.15, 0.2) is 0 Å². The molecule has 0 aromatic carbocycles. The van der Waals surface area contributed by atoms with Crippen LogP contribution in [0.4, 0.5) is 0 Å². The van der Waals surface area contributed by atoms with E-state index in [0.29, 0.717) is 12.8 Å². The summed E-state index contributed by atoms with van der Waals surface area (Å²) in [6, 6.07) is 0. The van der Waals surface area contributed by atoms with Gasteiger partial charge in [0.25, 0.3) is 0 Å². The number of carbonyl (C=O) groups is 3. The molecule has 0 aromatic rings. The molecular weight excluding hydrogens is 578 g/mol. The average Bonchev–Trinajstić information content (AvgIpc) is 2.99. The molecule has 7 heteroatoms. The zero-order chi connectivity index (χ0) is 34.1. The van der Waals surface area contributed by atoms with Crippen LogP contribution in [0, 0.1) is 0 Å². The number of hydrogen-bond donors (Lipinski definition) is 1. The second-order valence-corrected chi connectivity index (χ2v) is 14.5. The molecule has 0 saturated heterocycles. The third kappa shape index (κ3) is 32.3. The van der Waals surface area contributed by atoms with Crippen LogP contribution in [0.2, 0.25) is 0 Å². The number of aliphatic carboxylic acids is 1. The lowest BCUT2D eigenvalue weighted by molar-refractivity contribution is -0.886. The van der Waals surface area contributed by atoms with Crippen LogP contribution in [0.1, 0.15) is 194 Å². The third-order valence-electron chi connectivity index (χ3n) is 8.96. The van der Waals surface area contributed by atoms with Gasteiger partial charge in [-0.05, 0) is 12.8 Å². The van der Waals surface area contributed by atoms with Crippen molar-refractivity contribution in [3.8, 4) is 0 Å². The molecule has 0 saturated carbocycles. The Morgan fingerprint density at radius 1 is 0.522 bits per heavy atom. The maximum Gasteiger partial charge on any atom is 0.359 e. The summed E-state index contributed by atoms with van der Waals surface area (Å²) in [5.41, 5.74) is 0. The fourth-order valence-corrected chi connectivity index (χ4v) is 6.18. The Kier molecular flexibility index (Phi) is 30.8. The first-order chi connectivity index (χ1) is 22.2. The lowest BCUT2D eigenvalue weighted by atomic mass is 10.0. The lowest BCUT2D eigenvalue weighted by Gasteiger charge is -2.31. The molecule has 1 atom stereocenters. The van der Waals surface area contributed by atoms with Crippen LogP contribution in [-0.2, 0) is 23.9 Å². The Bertz CT molecular complexity index is 725. The van der Waals surface area contributed by atoms with E-state index in [9.17, 15) is 19.5 Å². The maximum absolute atomic E-state index is 12.6. The minimum Gasteiger partial charge on any atom is -0.477 e. The van der Waals surface area contributed by atoms with Gasteiger partial charge in [0.05, 0.1) is 14.1 Å². The first kappa shape index (κ1) is 44.4. The van der Waals surface area contributed by atoms with Gasteiger partial charge in [0.1, 0.15) is 13.2 Å². The van der Waals surface area contributed by atoms with Crippen molar-refractivity contribution in [1.82, 2.24) is 0 Å². The van der Waals surface area contributed by atoms with Gasteiger partial charge >= 0.3 is 17.9 Å². The molecule has 0 aliphatic carbocycles. The van der Waals surface area contributed by atoms with Gasteiger partial charge in [-0.15, -0.1) is 0 Å². The summed E-state index contributed by atoms with van der Waals surface area (Å²) in [5, 5.41) is 9.29. The number of likely N-dealkylation sites (N-methyl/N-ethyl adjacent to an activating group) is 1. The van der Waals surface area contributed by atoms with Gasteiger partial charge in [0.2, 0.25) is 0 Å². The Balaban J connectivity index is 4.15. The molecule has 0 aliphatic rings. The van der Waals surface area contributed by atoms with Gasteiger partial charge in [0, 0.05) is 12.8 Å². The van der Waals surface area contributed by atoms with Gasteiger partial charge in [0.15, 0.2) is 12.6 Å². The Morgan fingerprint density at radius 2 is 0.848 bits per heavy atom. The van der Waals surface area contributed by atoms with Gasteiger partial charge in [-0.1, -0.05) is 168 Å². The van der Waals surface area contributed by atoms with E-state index in [1.807, 2.05) is 0 Å². The molecule has 0 fully saturated rings. The van der Waals surface area contributed by atoms with Crippen LogP contribution in [-0.4, -0.2) is 67.4 Å². The predicted molar refractivity (Wildman–Crippen MR) is 191 cm³/mol. The smallest absolute Gasteiger partial charge is 0.359 e. The van der Waals surface area contributed by atoms with Gasteiger partial charge < -0.3 is 19.1 Å². The minimum absolute atomic E-state index is 0.0249. The number of nitrogens with zero attached hydrogens (tertiary/aromatic N) is 1. The highest BCUT2D eigenvalue weighted by atomic mass is 16.6. The van der Waals surface area contributed by atoms with Crippen molar-refractivity contribution in [2.24, 2.45) is 0 Å². The van der Waals surface area contributed by atoms with Crippen LogP contribution in [0.3, 0.4) is 0 Å². The molecule has 0 rings (SSSR count). The molecule has 0 amide bonds. The van der Waals surface area contributed by atoms with E-state index in [4.69, 9.17) is 9.47 Å². The van der Waals surface area contributed by atoms with Crippen molar-refractivity contribution in [2.45, 2.75) is 200 Å². The van der Waals surface area contributed by atoms with Crippen molar-refractivity contribution < 1.29 is 33.4 Å². The zero-order valence-corrected chi connectivity index (χ0v) is 30.9. The topological polar surface area (TPSA) is 89.9 Å². The summed E-state index contributed by atoms with van der Waals surface area (Å²) in [4.78, 5) is 36.4. The summed E-state index contributed by atoms with van der Waals surface area (Å²) in [5.74, 6) is -1.48. The Morgan fingerprint density at radius 3 is 1.20 bits per heavy atom. The number of carbonyl (C=O) groups excluding carboxylic acids is 2.